The molecule has 0 aliphatic heterocycles. The van der Waals surface area contributed by atoms with Crippen molar-refractivity contribution in [2.45, 2.75) is 32.6 Å². The van der Waals surface area contributed by atoms with Gasteiger partial charge in [-0.2, -0.15) is 0 Å². The van der Waals surface area contributed by atoms with Crippen molar-refractivity contribution in [2.24, 2.45) is 0 Å². The van der Waals surface area contributed by atoms with Gasteiger partial charge >= 0.3 is 0 Å². The fourth-order valence-corrected chi connectivity index (χ4v) is 3.04. The predicted octanol–water partition coefficient (Wildman–Crippen LogP) is 3.19. The van der Waals surface area contributed by atoms with Crippen molar-refractivity contribution in [3.05, 3.63) is 68.7 Å². The lowest BCUT2D eigenvalue weighted by molar-refractivity contribution is 0.0954. The number of hydrogen-bond acceptors (Lipinski definition) is 3. The molecule has 0 saturated heterocycles. The van der Waals surface area contributed by atoms with Gasteiger partial charge in [-0.1, -0.05) is 61.7 Å². The largest absolute Gasteiger partial charge is 0.352 e. The van der Waals surface area contributed by atoms with E-state index < -0.39 is 0 Å². The second-order valence-electron chi connectivity index (χ2n) is 6.16. The number of H-pyrrole nitrogens is 1. The molecule has 0 radical (unpaired) electrons. The zero-order chi connectivity index (χ0) is 18.5. The minimum absolute atomic E-state index is 0.124. The van der Waals surface area contributed by atoms with Gasteiger partial charge < -0.3 is 5.32 Å². The summed E-state index contributed by atoms with van der Waals surface area (Å²) in [6, 6.07) is 9.57. The summed E-state index contributed by atoms with van der Waals surface area (Å²) in [5.74, 6) is -0.265. The van der Waals surface area contributed by atoms with Crippen LogP contribution in [-0.2, 0) is 6.42 Å². The van der Waals surface area contributed by atoms with Crippen LogP contribution in [-0.4, -0.2) is 27.0 Å². The molecule has 1 amide bonds. The van der Waals surface area contributed by atoms with Gasteiger partial charge in [-0.25, -0.2) is 9.50 Å². The third kappa shape index (κ3) is 3.80. The minimum atomic E-state index is -0.297. The Labute approximate surface area is 156 Å². The second-order valence-corrected chi connectivity index (χ2v) is 6.52. The first-order valence-electron chi connectivity index (χ1n) is 8.72. The number of fused-ring (bicyclic) bond motifs is 1. The number of amides is 1. The zero-order valence-corrected chi connectivity index (χ0v) is 15.3. The molecule has 3 aromatic rings. The van der Waals surface area contributed by atoms with Crippen LogP contribution in [0.5, 0.6) is 0 Å². The van der Waals surface area contributed by atoms with Gasteiger partial charge in [-0.15, -0.1) is 0 Å². The number of rotatable bonds is 7. The van der Waals surface area contributed by atoms with Gasteiger partial charge in [0.05, 0.1) is 5.56 Å². The van der Waals surface area contributed by atoms with Crippen LogP contribution in [0.2, 0.25) is 5.15 Å². The number of carbonyl (C=O) groups excluding carboxylic acids is 1. The van der Waals surface area contributed by atoms with Crippen molar-refractivity contribution in [3.8, 4) is 0 Å². The molecule has 26 heavy (non-hydrogen) atoms. The molecule has 0 atom stereocenters. The van der Waals surface area contributed by atoms with Gasteiger partial charge in [-0.05, 0) is 12.0 Å². The summed E-state index contributed by atoms with van der Waals surface area (Å²) in [4.78, 5) is 29.4. The maximum absolute atomic E-state index is 12.8. The normalized spacial score (nSPS) is 11.0. The molecule has 3 rings (SSSR count). The highest BCUT2D eigenvalue weighted by Crippen LogP contribution is 2.17. The summed E-state index contributed by atoms with van der Waals surface area (Å²) in [5, 5.41) is 5.79. The smallest absolute Gasteiger partial charge is 0.277 e. The number of aromatic amines is 1. The molecule has 0 aliphatic carbocycles. The Morgan fingerprint density at radius 2 is 2.04 bits per heavy atom. The summed E-state index contributed by atoms with van der Waals surface area (Å²) >= 11 is 6.27. The van der Waals surface area contributed by atoms with Crippen LogP contribution in [0, 0.1) is 0 Å². The van der Waals surface area contributed by atoms with Gasteiger partial charge in [0.15, 0.2) is 5.65 Å². The molecule has 136 valence electrons. The van der Waals surface area contributed by atoms with E-state index in [0.717, 1.165) is 24.8 Å². The number of hydrogen-bond donors (Lipinski definition) is 2. The fourth-order valence-electron chi connectivity index (χ4n) is 2.81. The Morgan fingerprint density at radius 1 is 1.27 bits per heavy atom. The van der Waals surface area contributed by atoms with E-state index in [2.05, 4.69) is 22.3 Å². The van der Waals surface area contributed by atoms with E-state index in [9.17, 15) is 9.59 Å². The molecule has 2 aromatic heterocycles. The van der Waals surface area contributed by atoms with Crippen molar-refractivity contribution in [1.82, 2.24) is 19.9 Å². The highest BCUT2D eigenvalue weighted by Gasteiger charge is 2.18. The van der Waals surface area contributed by atoms with E-state index in [1.807, 2.05) is 30.3 Å². The minimum Gasteiger partial charge on any atom is -0.352 e. The standard InChI is InChI=1S/C19H21ClN4O2/c1-2-3-7-10-21-18(25)15-12-22-24-17(15)23-16(20)14(19(24)26)11-13-8-5-4-6-9-13/h4-6,8-9,12,22H,2-3,7,10-11H2,1H3,(H,21,25). The molecule has 0 spiro atoms. The number of aromatic nitrogens is 3. The number of nitrogens with one attached hydrogen (secondary N) is 2. The molecule has 2 heterocycles. The third-order valence-electron chi connectivity index (χ3n) is 4.24. The van der Waals surface area contributed by atoms with Crippen molar-refractivity contribution in [1.29, 1.82) is 0 Å². The lowest BCUT2D eigenvalue weighted by Gasteiger charge is -2.06. The molecule has 0 fully saturated rings. The van der Waals surface area contributed by atoms with Crippen molar-refractivity contribution >= 4 is 23.2 Å². The first-order chi connectivity index (χ1) is 12.6. The molecule has 1 aromatic carbocycles. The maximum Gasteiger partial charge on any atom is 0.277 e. The topological polar surface area (TPSA) is 79.3 Å². The summed E-state index contributed by atoms with van der Waals surface area (Å²) in [6.45, 7) is 2.70. The van der Waals surface area contributed by atoms with Crippen LogP contribution in [0.3, 0.4) is 0 Å². The van der Waals surface area contributed by atoms with E-state index in [-0.39, 0.29) is 22.3 Å². The Morgan fingerprint density at radius 3 is 2.77 bits per heavy atom. The molecule has 0 aliphatic rings. The number of benzene rings is 1. The number of halogens is 1. The van der Waals surface area contributed by atoms with Crippen molar-refractivity contribution < 1.29 is 4.79 Å². The van der Waals surface area contributed by atoms with E-state index in [4.69, 9.17) is 11.6 Å². The van der Waals surface area contributed by atoms with Gasteiger partial charge in [0, 0.05) is 19.2 Å². The molecular formula is C19H21ClN4O2. The lowest BCUT2D eigenvalue weighted by Crippen LogP contribution is -2.25. The lowest BCUT2D eigenvalue weighted by atomic mass is 10.1. The van der Waals surface area contributed by atoms with Gasteiger partial charge in [0.2, 0.25) is 0 Å². The van der Waals surface area contributed by atoms with Crippen LogP contribution in [0.25, 0.3) is 5.65 Å². The first kappa shape index (κ1) is 18.2. The maximum atomic E-state index is 12.8. The molecular weight excluding hydrogens is 352 g/mol. The second kappa shape index (κ2) is 8.19. The Kier molecular flexibility index (Phi) is 5.73. The Hall–Kier alpha value is -2.60. The zero-order valence-electron chi connectivity index (χ0n) is 14.6. The average Bonchev–Trinajstić information content (AvgIpc) is 3.07. The SMILES string of the molecule is CCCCCNC(=O)c1c[nH]n2c(=O)c(Cc3ccccc3)c(Cl)nc12. The summed E-state index contributed by atoms with van der Waals surface area (Å²) in [7, 11) is 0. The molecule has 0 unspecified atom stereocenters. The van der Waals surface area contributed by atoms with E-state index in [1.165, 1.54) is 10.7 Å². The monoisotopic (exact) mass is 372 g/mol. The first-order valence-corrected chi connectivity index (χ1v) is 9.10. The van der Waals surface area contributed by atoms with Crippen LogP contribution in [0.1, 0.15) is 47.7 Å². The highest BCUT2D eigenvalue weighted by atomic mass is 35.5. The Balaban J connectivity index is 1.89. The highest BCUT2D eigenvalue weighted by molar-refractivity contribution is 6.30. The average molecular weight is 373 g/mol. The molecule has 2 N–H and O–H groups in total. The van der Waals surface area contributed by atoms with Crippen LogP contribution >= 0.6 is 11.6 Å². The molecule has 0 saturated carbocycles. The molecule has 7 heteroatoms. The van der Waals surface area contributed by atoms with Crippen LogP contribution in [0.15, 0.2) is 41.3 Å². The number of carbonyl (C=O) groups is 1. The van der Waals surface area contributed by atoms with Crippen molar-refractivity contribution in [2.75, 3.05) is 6.54 Å². The van der Waals surface area contributed by atoms with E-state index in [1.54, 1.807) is 0 Å². The van der Waals surface area contributed by atoms with Crippen molar-refractivity contribution in [3.63, 3.8) is 0 Å². The Bertz CT molecular complexity index is 963. The number of unbranched alkanes of at least 4 members (excludes halogenated alkanes) is 2. The van der Waals surface area contributed by atoms with E-state index >= 15 is 0 Å². The summed E-state index contributed by atoms with van der Waals surface area (Å²) < 4.78 is 1.27. The fraction of sp³-hybridized carbons (Fsp3) is 0.316. The van der Waals surface area contributed by atoms with Crippen LogP contribution in [0.4, 0.5) is 0 Å². The summed E-state index contributed by atoms with van der Waals surface area (Å²) in [6.07, 6.45) is 4.92. The van der Waals surface area contributed by atoms with Gasteiger partial charge in [0.1, 0.15) is 10.7 Å². The van der Waals surface area contributed by atoms with Gasteiger partial charge in [-0.3, -0.25) is 14.7 Å². The summed E-state index contributed by atoms with van der Waals surface area (Å²) in [5.41, 5.74) is 1.62. The van der Waals surface area contributed by atoms with Gasteiger partial charge in [0.25, 0.3) is 11.5 Å². The molecule has 6 nitrogen and oxygen atoms in total. The number of nitrogens with zero attached hydrogens (tertiary/aromatic N) is 2. The van der Waals surface area contributed by atoms with Crippen LogP contribution < -0.4 is 10.9 Å². The molecule has 0 bridgehead atoms. The van der Waals surface area contributed by atoms with E-state index in [0.29, 0.717) is 24.1 Å². The third-order valence-corrected chi connectivity index (χ3v) is 4.55. The quantitative estimate of drug-likeness (QED) is 0.493. The predicted molar refractivity (Wildman–Crippen MR) is 102 cm³/mol.